The van der Waals surface area contributed by atoms with Gasteiger partial charge in [-0.25, -0.2) is 0 Å². The first-order valence-electron chi connectivity index (χ1n) is 8.84. The molecule has 2 atom stereocenters. The Hall–Kier alpha value is -1.44. The van der Waals surface area contributed by atoms with Gasteiger partial charge in [0.05, 0.1) is 23.8 Å². The van der Waals surface area contributed by atoms with E-state index in [9.17, 15) is 9.90 Å². The van der Waals surface area contributed by atoms with E-state index >= 15 is 0 Å². The maximum Gasteiger partial charge on any atom is 0.230 e. The molecule has 0 aromatic carbocycles. The number of hydrogen-bond donors (Lipinski definition) is 1. The molecule has 3 fully saturated rings. The Balaban J connectivity index is 1.50. The average molecular weight is 335 g/mol. The Morgan fingerprint density at radius 2 is 2.25 bits per heavy atom. The number of piperidine rings is 1. The molecule has 3 aliphatic rings. The molecule has 7 nitrogen and oxygen atoms in total. The van der Waals surface area contributed by atoms with Gasteiger partial charge in [-0.2, -0.15) is 0 Å². The number of carbonyl (C=O) groups is 1. The van der Waals surface area contributed by atoms with E-state index in [4.69, 9.17) is 9.26 Å². The summed E-state index contributed by atoms with van der Waals surface area (Å²) in [6, 6.07) is 1.87. The number of amides is 1. The van der Waals surface area contributed by atoms with Gasteiger partial charge in [0.1, 0.15) is 6.26 Å². The van der Waals surface area contributed by atoms with Crippen molar-refractivity contribution >= 4 is 5.91 Å². The molecule has 4 rings (SSSR count). The van der Waals surface area contributed by atoms with Crippen molar-refractivity contribution in [3.63, 3.8) is 0 Å². The number of rotatable bonds is 3. The molecule has 3 aliphatic heterocycles. The molecule has 132 valence electrons. The molecule has 1 aromatic rings. The topological polar surface area (TPSA) is 79.0 Å². The highest BCUT2D eigenvalue weighted by Gasteiger charge is 2.54. The summed E-state index contributed by atoms with van der Waals surface area (Å²) in [6.07, 6.45) is 3.48. The van der Waals surface area contributed by atoms with Gasteiger partial charge in [0, 0.05) is 51.3 Å². The number of likely N-dealkylation sites (tertiary alicyclic amines) is 2. The molecule has 1 amide bonds. The molecule has 24 heavy (non-hydrogen) atoms. The van der Waals surface area contributed by atoms with Crippen molar-refractivity contribution in [3.8, 4) is 0 Å². The molecule has 0 aliphatic carbocycles. The largest absolute Gasteiger partial charge is 0.393 e. The van der Waals surface area contributed by atoms with Crippen LogP contribution in [0.4, 0.5) is 0 Å². The van der Waals surface area contributed by atoms with Gasteiger partial charge in [-0.15, -0.1) is 0 Å². The third-order valence-corrected chi connectivity index (χ3v) is 5.83. The van der Waals surface area contributed by atoms with Crippen LogP contribution in [0.3, 0.4) is 0 Å². The highest BCUT2D eigenvalue weighted by atomic mass is 16.5. The van der Waals surface area contributed by atoms with E-state index in [-0.39, 0.29) is 23.3 Å². The fourth-order valence-electron chi connectivity index (χ4n) is 4.46. The second kappa shape index (κ2) is 6.46. The number of aliphatic hydroxyl groups excluding tert-OH is 1. The van der Waals surface area contributed by atoms with Crippen molar-refractivity contribution in [2.75, 3.05) is 39.4 Å². The second-order valence-corrected chi connectivity index (χ2v) is 7.36. The van der Waals surface area contributed by atoms with Crippen molar-refractivity contribution in [1.29, 1.82) is 0 Å². The Morgan fingerprint density at radius 3 is 3.00 bits per heavy atom. The lowest BCUT2D eigenvalue weighted by Crippen LogP contribution is -2.54. The fraction of sp³-hybridized carbons (Fsp3) is 0.765. The molecule has 1 aromatic heterocycles. The third kappa shape index (κ3) is 2.85. The Bertz CT molecular complexity index is 570. The first-order valence-corrected chi connectivity index (χ1v) is 8.84. The predicted molar refractivity (Wildman–Crippen MR) is 85.0 cm³/mol. The molecule has 7 heteroatoms. The van der Waals surface area contributed by atoms with Crippen LogP contribution < -0.4 is 0 Å². The van der Waals surface area contributed by atoms with Crippen LogP contribution in [-0.4, -0.2) is 71.5 Å². The minimum atomic E-state index is -0.343. The summed E-state index contributed by atoms with van der Waals surface area (Å²) >= 11 is 0. The van der Waals surface area contributed by atoms with Crippen molar-refractivity contribution in [3.05, 3.63) is 18.0 Å². The quantitative estimate of drug-likeness (QED) is 0.866. The molecular formula is C17H25N3O4. The van der Waals surface area contributed by atoms with Gasteiger partial charge in [0.2, 0.25) is 5.91 Å². The molecule has 3 saturated heterocycles. The van der Waals surface area contributed by atoms with Crippen LogP contribution >= 0.6 is 0 Å². The van der Waals surface area contributed by atoms with Gasteiger partial charge in [-0.1, -0.05) is 5.16 Å². The smallest absolute Gasteiger partial charge is 0.230 e. The van der Waals surface area contributed by atoms with Crippen molar-refractivity contribution in [1.82, 2.24) is 15.0 Å². The minimum absolute atomic E-state index is 0.234. The number of aliphatic hydroxyl groups is 1. The maximum atomic E-state index is 13.3. The summed E-state index contributed by atoms with van der Waals surface area (Å²) in [4.78, 5) is 17.6. The zero-order chi connectivity index (χ0) is 16.6. The number of hydrogen-bond acceptors (Lipinski definition) is 6. The van der Waals surface area contributed by atoms with E-state index in [0.717, 1.165) is 25.2 Å². The standard InChI is InChI=1S/C17H25N3O4/c21-15-1-5-20(6-2-15)16(22)17-4-8-23-11-13(17)9-19(12-17)10-14-3-7-24-18-14/h3,7,13,15,21H,1-2,4-6,8-12H2. The lowest BCUT2D eigenvalue weighted by Gasteiger charge is -2.42. The molecule has 0 bridgehead atoms. The van der Waals surface area contributed by atoms with Gasteiger partial charge in [0.25, 0.3) is 0 Å². The van der Waals surface area contributed by atoms with Gasteiger partial charge in [-0.3, -0.25) is 9.69 Å². The van der Waals surface area contributed by atoms with Crippen LogP contribution in [0.25, 0.3) is 0 Å². The summed E-state index contributed by atoms with van der Waals surface area (Å²) in [5.41, 5.74) is 0.558. The number of ether oxygens (including phenoxy) is 1. The number of nitrogens with zero attached hydrogens (tertiary/aromatic N) is 3. The minimum Gasteiger partial charge on any atom is -0.393 e. The summed E-state index contributed by atoms with van der Waals surface area (Å²) in [5.74, 6) is 0.489. The van der Waals surface area contributed by atoms with Crippen LogP contribution in [0.2, 0.25) is 0 Å². The van der Waals surface area contributed by atoms with Gasteiger partial charge < -0.3 is 19.3 Å². The molecule has 1 N–H and O–H groups in total. The predicted octanol–water partition coefficient (Wildman–Crippen LogP) is 0.496. The highest BCUT2D eigenvalue weighted by Crippen LogP contribution is 2.44. The maximum absolute atomic E-state index is 13.3. The average Bonchev–Trinajstić information content (AvgIpc) is 3.22. The van der Waals surface area contributed by atoms with Gasteiger partial charge in [-0.05, 0) is 19.3 Å². The molecule has 2 unspecified atom stereocenters. The van der Waals surface area contributed by atoms with Crippen LogP contribution in [-0.2, 0) is 16.1 Å². The van der Waals surface area contributed by atoms with E-state index < -0.39 is 0 Å². The first-order chi connectivity index (χ1) is 11.7. The Morgan fingerprint density at radius 1 is 1.42 bits per heavy atom. The summed E-state index contributed by atoms with van der Waals surface area (Å²) in [7, 11) is 0. The van der Waals surface area contributed by atoms with Gasteiger partial charge >= 0.3 is 0 Å². The van der Waals surface area contributed by atoms with E-state index in [1.165, 1.54) is 0 Å². The molecular weight excluding hydrogens is 310 g/mol. The lowest BCUT2D eigenvalue weighted by molar-refractivity contribution is -0.152. The normalized spacial score (nSPS) is 32.0. The van der Waals surface area contributed by atoms with Crippen molar-refractivity contribution in [2.24, 2.45) is 11.3 Å². The van der Waals surface area contributed by atoms with Crippen LogP contribution in [0.1, 0.15) is 25.0 Å². The second-order valence-electron chi connectivity index (χ2n) is 7.36. The van der Waals surface area contributed by atoms with Crippen molar-refractivity contribution in [2.45, 2.75) is 31.9 Å². The van der Waals surface area contributed by atoms with Crippen LogP contribution in [0.15, 0.2) is 16.9 Å². The number of fused-ring (bicyclic) bond motifs is 1. The van der Waals surface area contributed by atoms with E-state index in [2.05, 4.69) is 10.1 Å². The number of aromatic nitrogens is 1. The summed E-state index contributed by atoms with van der Waals surface area (Å²) in [6.45, 7) is 4.95. The molecule has 0 radical (unpaired) electrons. The van der Waals surface area contributed by atoms with E-state index in [0.29, 0.717) is 45.7 Å². The van der Waals surface area contributed by atoms with Crippen LogP contribution in [0.5, 0.6) is 0 Å². The van der Waals surface area contributed by atoms with Crippen LogP contribution in [0, 0.1) is 11.3 Å². The Kier molecular flexibility index (Phi) is 4.32. The third-order valence-electron chi connectivity index (χ3n) is 5.83. The molecule has 4 heterocycles. The summed E-state index contributed by atoms with van der Waals surface area (Å²) in [5, 5.41) is 13.7. The molecule has 0 saturated carbocycles. The first kappa shape index (κ1) is 16.1. The van der Waals surface area contributed by atoms with Gasteiger partial charge in [0.15, 0.2) is 0 Å². The van der Waals surface area contributed by atoms with E-state index in [1.54, 1.807) is 6.26 Å². The fourth-order valence-corrected chi connectivity index (χ4v) is 4.46. The monoisotopic (exact) mass is 335 g/mol. The molecule has 0 spiro atoms. The van der Waals surface area contributed by atoms with Crippen molar-refractivity contribution < 1.29 is 19.2 Å². The summed E-state index contributed by atoms with van der Waals surface area (Å²) < 4.78 is 10.6. The SMILES string of the molecule is O=C(N1CCC(O)CC1)C12CCOCC1CN(Cc1ccon1)C2. The number of carbonyl (C=O) groups excluding carboxylic acids is 1. The lowest BCUT2D eigenvalue weighted by atomic mass is 9.73. The highest BCUT2D eigenvalue weighted by molar-refractivity contribution is 5.84. The zero-order valence-electron chi connectivity index (χ0n) is 13.9. The Labute approximate surface area is 141 Å². The van der Waals surface area contributed by atoms with E-state index in [1.807, 2.05) is 11.0 Å². The zero-order valence-corrected chi connectivity index (χ0v) is 13.9.